The first-order valence-corrected chi connectivity index (χ1v) is 9.60. The molecule has 10 heteroatoms. The highest BCUT2D eigenvalue weighted by molar-refractivity contribution is 7.92. The van der Waals surface area contributed by atoms with Crippen LogP contribution in [-0.2, 0) is 14.6 Å². The molecule has 1 N–H and O–H groups in total. The molecule has 0 bridgehead atoms. The summed E-state index contributed by atoms with van der Waals surface area (Å²) in [7, 11) is -3.34. The van der Waals surface area contributed by atoms with Crippen molar-refractivity contribution in [2.45, 2.75) is 30.9 Å². The van der Waals surface area contributed by atoms with Gasteiger partial charge < -0.3 is 4.42 Å². The highest BCUT2D eigenvalue weighted by Gasteiger charge is 2.19. The van der Waals surface area contributed by atoms with Gasteiger partial charge >= 0.3 is 6.01 Å². The number of hydrogen-bond acceptors (Lipinski definition) is 8. The number of nitrogens with one attached hydrogen (secondary N) is 1. The fourth-order valence-corrected chi connectivity index (χ4v) is 3.28. The van der Waals surface area contributed by atoms with Gasteiger partial charge in [0.25, 0.3) is 5.89 Å². The molecule has 0 fully saturated rings. The minimum Gasteiger partial charge on any atom is -0.401 e. The van der Waals surface area contributed by atoms with Gasteiger partial charge in [0, 0.05) is 12.5 Å². The Labute approximate surface area is 155 Å². The van der Waals surface area contributed by atoms with Crippen molar-refractivity contribution in [1.29, 1.82) is 0 Å². The number of carbonyl (C=O) groups excluding carboxylic acids is 1. The van der Waals surface area contributed by atoms with E-state index in [1.165, 1.54) is 13.1 Å². The summed E-state index contributed by atoms with van der Waals surface area (Å²) in [4.78, 5) is 19.8. The zero-order valence-corrected chi connectivity index (χ0v) is 15.7. The number of carbonyl (C=O) groups is 1. The maximum atomic E-state index is 12.2. The number of nitrogens with zero attached hydrogens (tertiary/aromatic N) is 4. The summed E-state index contributed by atoms with van der Waals surface area (Å²) < 4.78 is 29.7. The smallest absolute Gasteiger partial charge is 0.322 e. The molecule has 0 aliphatic heterocycles. The van der Waals surface area contributed by atoms with Crippen LogP contribution in [0.1, 0.15) is 20.8 Å². The fourth-order valence-electron chi connectivity index (χ4n) is 2.22. The molecule has 0 spiro atoms. The Kier molecular flexibility index (Phi) is 5.00. The molecule has 0 radical (unpaired) electrons. The SMILES string of the molecule is CC(=O)Nc1nnc(-c2cncc(-c3ccc(S(=O)(=O)C(C)C)cc3)n2)o1. The number of benzene rings is 1. The van der Waals surface area contributed by atoms with Gasteiger partial charge in [0.2, 0.25) is 5.91 Å². The summed E-state index contributed by atoms with van der Waals surface area (Å²) in [5.41, 5.74) is 1.53. The van der Waals surface area contributed by atoms with Crippen molar-refractivity contribution < 1.29 is 17.6 Å². The van der Waals surface area contributed by atoms with Gasteiger partial charge in [0.1, 0.15) is 5.69 Å². The zero-order valence-electron chi connectivity index (χ0n) is 14.9. The Balaban J connectivity index is 1.90. The predicted octanol–water partition coefficient (Wildman–Crippen LogP) is 2.33. The van der Waals surface area contributed by atoms with Gasteiger partial charge in [0.05, 0.1) is 28.2 Å². The lowest BCUT2D eigenvalue weighted by molar-refractivity contribution is -0.114. The van der Waals surface area contributed by atoms with E-state index in [4.69, 9.17) is 4.42 Å². The average Bonchev–Trinajstić information content (AvgIpc) is 3.09. The van der Waals surface area contributed by atoms with E-state index in [2.05, 4.69) is 25.5 Å². The molecule has 0 saturated carbocycles. The largest absolute Gasteiger partial charge is 0.401 e. The third-order valence-corrected chi connectivity index (χ3v) is 5.83. The van der Waals surface area contributed by atoms with Gasteiger partial charge in [-0.1, -0.05) is 17.2 Å². The van der Waals surface area contributed by atoms with Crippen LogP contribution in [0.2, 0.25) is 0 Å². The average molecular weight is 387 g/mol. The van der Waals surface area contributed by atoms with Crippen LogP contribution >= 0.6 is 0 Å². The Morgan fingerprint density at radius 3 is 2.37 bits per heavy atom. The molecule has 140 valence electrons. The highest BCUT2D eigenvalue weighted by Crippen LogP contribution is 2.24. The van der Waals surface area contributed by atoms with Gasteiger partial charge in [-0.3, -0.25) is 15.1 Å². The van der Waals surface area contributed by atoms with Gasteiger partial charge in [-0.2, -0.15) is 0 Å². The molecule has 2 aromatic heterocycles. The van der Waals surface area contributed by atoms with E-state index in [9.17, 15) is 13.2 Å². The predicted molar refractivity (Wildman–Crippen MR) is 97.4 cm³/mol. The summed E-state index contributed by atoms with van der Waals surface area (Å²) in [6.07, 6.45) is 2.99. The first-order valence-electron chi connectivity index (χ1n) is 8.05. The molecular weight excluding hydrogens is 370 g/mol. The van der Waals surface area contributed by atoms with Crippen LogP contribution in [0.3, 0.4) is 0 Å². The topological polar surface area (TPSA) is 128 Å². The summed E-state index contributed by atoms with van der Waals surface area (Å²) in [5, 5.41) is 9.42. The van der Waals surface area contributed by atoms with Crippen LogP contribution in [0.4, 0.5) is 6.01 Å². The van der Waals surface area contributed by atoms with Crippen molar-refractivity contribution in [2.75, 3.05) is 5.32 Å². The molecule has 0 aliphatic rings. The molecule has 1 amide bonds. The standard InChI is InChI=1S/C17H17N5O4S/c1-10(2)27(24,25)13-6-4-12(5-7-13)14-8-18-9-15(20-14)16-21-22-17(26-16)19-11(3)23/h4-10H,1-3H3,(H,19,22,23). The van der Waals surface area contributed by atoms with Crippen LogP contribution in [-0.4, -0.2) is 39.7 Å². The van der Waals surface area contributed by atoms with E-state index in [0.29, 0.717) is 17.0 Å². The second kappa shape index (κ2) is 7.23. The number of sulfone groups is 1. The van der Waals surface area contributed by atoms with Crippen LogP contribution < -0.4 is 5.32 Å². The van der Waals surface area contributed by atoms with Gasteiger partial charge in [-0.05, 0) is 26.0 Å². The molecule has 0 saturated heterocycles. The second-order valence-electron chi connectivity index (χ2n) is 6.00. The minimum absolute atomic E-state index is 0.0343. The molecule has 9 nitrogen and oxygen atoms in total. The molecule has 0 atom stereocenters. The lowest BCUT2D eigenvalue weighted by Gasteiger charge is -2.08. The van der Waals surface area contributed by atoms with Crippen molar-refractivity contribution in [3.05, 3.63) is 36.7 Å². The van der Waals surface area contributed by atoms with Crippen molar-refractivity contribution in [3.8, 4) is 22.8 Å². The fraction of sp³-hybridized carbons (Fsp3) is 0.235. The molecule has 2 heterocycles. The summed E-state index contributed by atoms with van der Waals surface area (Å²) in [5.74, 6) is -0.228. The quantitative estimate of drug-likeness (QED) is 0.706. The Hall–Kier alpha value is -3.14. The third kappa shape index (κ3) is 4.00. The molecule has 1 aromatic carbocycles. The molecule has 3 aromatic rings. The normalized spacial score (nSPS) is 11.6. The monoisotopic (exact) mass is 387 g/mol. The minimum atomic E-state index is -3.34. The second-order valence-corrected chi connectivity index (χ2v) is 8.51. The lowest BCUT2D eigenvalue weighted by atomic mass is 10.1. The van der Waals surface area contributed by atoms with Crippen LogP contribution in [0.25, 0.3) is 22.8 Å². The third-order valence-electron chi connectivity index (χ3n) is 3.66. The van der Waals surface area contributed by atoms with Crippen molar-refractivity contribution >= 4 is 21.8 Å². The summed E-state index contributed by atoms with van der Waals surface area (Å²) >= 11 is 0. The number of anilines is 1. The molecule has 0 unspecified atom stereocenters. The first-order chi connectivity index (χ1) is 12.8. The molecular formula is C17H17N5O4S. The van der Waals surface area contributed by atoms with Gasteiger partial charge in [-0.15, -0.1) is 5.10 Å². The number of amides is 1. The highest BCUT2D eigenvalue weighted by atomic mass is 32.2. The zero-order chi connectivity index (χ0) is 19.6. The summed E-state index contributed by atoms with van der Waals surface area (Å²) in [6.45, 7) is 4.60. The van der Waals surface area contributed by atoms with E-state index >= 15 is 0 Å². The van der Waals surface area contributed by atoms with Crippen LogP contribution in [0, 0.1) is 0 Å². The maximum Gasteiger partial charge on any atom is 0.322 e. The Morgan fingerprint density at radius 2 is 1.74 bits per heavy atom. The van der Waals surface area contributed by atoms with E-state index < -0.39 is 15.1 Å². The van der Waals surface area contributed by atoms with E-state index in [0.717, 1.165) is 0 Å². The van der Waals surface area contributed by atoms with Crippen LogP contribution in [0.15, 0.2) is 46.0 Å². The van der Waals surface area contributed by atoms with Crippen molar-refractivity contribution in [2.24, 2.45) is 0 Å². The number of hydrogen-bond donors (Lipinski definition) is 1. The van der Waals surface area contributed by atoms with E-state index in [1.54, 1.807) is 44.3 Å². The lowest BCUT2D eigenvalue weighted by Crippen LogP contribution is -2.13. The van der Waals surface area contributed by atoms with Crippen molar-refractivity contribution in [1.82, 2.24) is 20.2 Å². The van der Waals surface area contributed by atoms with E-state index in [1.807, 2.05) is 0 Å². The molecule has 27 heavy (non-hydrogen) atoms. The van der Waals surface area contributed by atoms with E-state index in [-0.39, 0.29) is 22.7 Å². The first kappa shape index (κ1) is 18.6. The maximum absolute atomic E-state index is 12.2. The van der Waals surface area contributed by atoms with Crippen LogP contribution in [0.5, 0.6) is 0 Å². The number of rotatable bonds is 5. The summed E-state index contributed by atoms with van der Waals surface area (Å²) in [6, 6.07) is 6.38. The molecule has 3 rings (SSSR count). The van der Waals surface area contributed by atoms with Gasteiger partial charge in [0.15, 0.2) is 9.84 Å². The van der Waals surface area contributed by atoms with Gasteiger partial charge in [-0.25, -0.2) is 13.4 Å². The van der Waals surface area contributed by atoms with Crippen molar-refractivity contribution in [3.63, 3.8) is 0 Å². The number of aromatic nitrogens is 4. The molecule has 0 aliphatic carbocycles. The Morgan fingerprint density at radius 1 is 1.07 bits per heavy atom. The Bertz CT molecular complexity index is 1070.